The van der Waals surface area contributed by atoms with E-state index in [-0.39, 0.29) is 6.04 Å². The summed E-state index contributed by atoms with van der Waals surface area (Å²) in [6.45, 7) is 8.93. The molecule has 0 spiro atoms. The maximum Gasteiger partial charge on any atom is 0.0297 e. The number of hydrogen-bond acceptors (Lipinski definition) is 1. The van der Waals surface area contributed by atoms with E-state index in [1.165, 1.54) is 57.6 Å². The zero-order valence-electron chi connectivity index (χ0n) is 22.0. The van der Waals surface area contributed by atoms with Crippen molar-refractivity contribution in [3.8, 4) is 0 Å². The Hall–Kier alpha value is -3.19. The summed E-state index contributed by atoms with van der Waals surface area (Å²) in [7, 11) is 0. The Labute approximate surface area is 218 Å². The highest BCUT2D eigenvalue weighted by molar-refractivity contribution is 5.48. The van der Waals surface area contributed by atoms with Crippen molar-refractivity contribution >= 4 is 0 Å². The molecule has 0 aromatic carbocycles. The number of allylic oxidation sites excluding steroid dienone is 18. The smallest absolute Gasteiger partial charge is 0.0297 e. The highest BCUT2D eigenvalue weighted by Crippen LogP contribution is 2.37. The van der Waals surface area contributed by atoms with Crippen molar-refractivity contribution in [2.75, 3.05) is 0 Å². The average Bonchev–Trinajstić information content (AvgIpc) is 2.92. The van der Waals surface area contributed by atoms with Gasteiger partial charge < -0.3 is 4.90 Å². The van der Waals surface area contributed by atoms with Gasteiger partial charge in [-0.1, -0.05) is 79.7 Å². The third-order valence-electron chi connectivity index (χ3n) is 8.06. The zero-order chi connectivity index (χ0) is 24.9. The quantitative estimate of drug-likeness (QED) is 0.347. The predicted octanol–water partition coefficient (Wildman–Crippen LogP) is 9.33. The fraction of sp³-hybridized carbons (Fsp3) is 0.343. The third kappa shape index (κ3) is 5.62. The molecule has 0 saturated heterocycles. The molecule has 0 amide bonds. The minimum Gasteiger partial charge on any atom is -0.346 e. The van der Waals surface area contributed by atoms with Gasteiger partial charge in [0.05, 0.1) is 0 Å². The van der Waals surface area contributed by atoms with E-state index in [2.05, 4.69) is 111 Å². The molecule has 1 heteroatoms. The first-order chi connectivity index (χ1) is 17.6. The summed E-state index contributed by atoms with van der Waals surface area (Å²) >= 11 is 0. The number of rotatable bonds is 6. The van der Waals surface area contributed by atoms with Gasteiger partial charge in [-0.05, 0) is 80.2 Å². The average molecular weight is 475 g/mol. The fourth-order valence-corrected chi connectivity index (χ4v) is 5.85. The Kier molecular flexibility index (Phi) is 7.66. The van der Waals surface area contributed by atoms with E-state index in [9.17, 15) is 0 Å². The molecular weight excluding hydrogens is 434 g/mol. The van der Waals surface area contributed by atoms with Crippen LogP contribution in [-0.2, 0) is 0 Å². The van der Waals surface area contributed by atoms with Gasteiger partial charge in [-0.3, -0.25) is 0 Å². The van der Waals surface area contributed by atoms with Gasteiger partial charge in [0.15, 0.2) is 0 Å². The van der Waals surface area contributed by atoms with Crippen molar-refractivity contribution in [3.05, 3.63) is 137 Å². The molecule has 0 saturated carbocycles. The van der Waals surface area contributed by atoms with Gasteiger partial charge in [-0.15, -0.1) is 12.2 Å². The van der Waals surface area contributed by atoms with Gasteiger partial charge in [0, 0.05) is 23.9 Å². The molecule has 0 aromatic heterocycles. The van der Waals surface area contributed by atoms with Crippen molar-refractivity contribution in [2.45, 2.75) is 71.3 Å². The van der Waals surface area contributed by atoms with E-state index in [0.29, 0.717) is 5.92 Å². The van der Waals surface area contributed by atoms with Gasteiger partial charge in [0.2, 0.25) is 0 Å². The van der Waals surface area contributed by atoms with E-state index in [1.54, 1.807) is 0 Å². The largest absolute Gasteiger partial charge is 0.346 e. The van der Waals surface area contributed by atoms with Crippen molar-refractivity contribution in [1.29, 1.82) is 0 Å². The predicted molar refractivity (Wildman–Crippen MR) is 155 cm³/mol. The topological polar surface area (TPSA) is 3.24 Å². The number of nitrogens with zero attached hydrogens (tertiary/aromatic N) is 1. The Bertz CT molecular complexity index is 1200. The second-order valence-corrected chi connectivity index (χ2v) is 10.8. The Morgan fingerprint density at radius 2 is 1.81 bits per heavy atom. The Morgan fingerprint density at radius 3 is 2.44 bits per heavy atom. The van der Waals surface area contributed by atoms with Gasteiger partial charge in [0.1, 0.15) is 0 Å². The van der Waals surface area contributed by atoms with Crippen LogP contribution in [-0.4, -0.2) is 10.9 Å². The molecule has 0 bridgehead atoms. The molecule has 1 nitrogen and oxygen atoms in total. The molecule has 0 N–H and O–H groups in total. The molecule has 0 aromatic rings. The molecule has 36 heavy (non-hydrogen) atoms. The van der Waals surface area contributed by atoms with E-state index in [4.69, 9.17) is 0 Å². The van der Waals surface area contributed by atoms with Crippen LogP contribution in [0.3, 0.4) is 0 Å². The summed E-state index contributed by atoms with van der Waals surface area (Å²) in [5.41, 5.74) is 11.3. The van der Waals surface area contributed by atoms with Crippen LogP contribution in [0.4, 0.5) is 0 Å². The highest BCUT2D eigenvalue weighted by Gasteiger charge is 2.25. The van der Waals surface area contributed by atoms with Crippen LogP contribution in [0.5, 0.6) is 0 Å². The molecular formula is C35H40N-. The summed E-state index contributed by atoms with van der Waals surface area (Å²) in [4.78, 5) is 2.57. The van der Waals surface area contributed by atoms with E-state index < -0.39 is 0 Å². The summed E-state index contributed by atoms with van der Waals surface area (Å²) in [6.07, 6.45) is 41.6. The van der Waals surface area contributed by atoms with Crippen LogP contribution in [0.2, 0.25) is 0 Å². The van der Waals surface area contributed by atoms with E-state index in [1.807, 2.05) is 0 Å². The molecule has 5 rings (SSSR count). The monoisotopic (exact) mass is 474 g/mol. The lowest BCUT2D eigenvalue weighted by Crippen LogP contribution is -2.34. The lowest BCUT2D eigenvalue weighted by molar-refractivity contribution is 0.357. The zero-order valence-corrected chi connectivity index (χ0v) is 22.0. The standard InChI is InChI=1S/C35H40N/c1-26-14-17-29(18-15-26)30-19-21-33(22-20-30)36(35-23-16-27(2)24-28(35)3)25-34(31-10-6-4-7-11-31)32-12-8-5-9-13-32/h4,6-8,10,12-14,16-17,19,21,24-25,31,35H,3,5,9,11,15,18,20,22-23H2,1-2H3/q-1/b34-25+. The minimum absolute atomic E-state index is 0.265. The van der Waals surface area contributed by atoms with Crippen molar-refractivity contribution in [3.63, 3.8) is 0 Å². The van der Waals surface area contributed by atoms with Gasteiger partial charge in [-0.2, -0.15) is 0 Å². The van der Waals surface area contributed by atoms with Gasteiger partial charge in [-0.25, -0.2) is 18.1 Å². The first-order valence-corrected chi connectivity index (χ1v) is 13.8. The molecule has 0 radical (unpaired) electrons. The summed E-state index contributed by atoms with van der Waals surface area (Å²) in [5.74, 6) is 0.405. The molecule has 2 atom stereocenters. The summed E-state index contributed by atoms with van der Waals surface area (Å²) in [5, 5.41) is 0. The maximum absolute atomic E-state index is 4.51. The van der Waals surface area contributed by atoms with Crippen LogP contribution >= 0.6 is 0 Å². The van der Waals surface area contributed by atoms with Crippen LogP contribution in [0.15, 0.2) is 130 Å². The summed E-state index contributed by atoms with van der Waals surface area (Å²) < 4.78 is 0. The molecule has 0 fully saturated rings. The van der Waals surface area contributed by atoms with E-state index in [0.717, 1.165) is 38.5 Å². The van der Waals surface area contributed by atoms with Crippen molar-refractivity contribution < 1.29 is 0 Å². The van der Waals surface area contributed by atoms with Crippen LogP contribution in [0.1, 0.15) is 65.2 Å². The molecule has 186 valence electrons. The molecule has 2 unspecified atom stereocenters. The molecule has 5 aliphatic carbocycles. The summed E-state index contributed by atoms with van der Waals surface area (Å²) in [6, 6.07) is 0.265. The maximum atomic E-state index is 4.51. The van der Waals surface area contributed by atoms with Gasteiger partial charge >= 0.3 is 0 Å². The Balaban J connectivity index is 1.53. The lowest BCUT2D eigenvalue weighted by atomic mass is 9.84. The van der Waals surface area contributed by atoms with Crippen LogP contribution < -0.4 is 0 Å². The highest BCUT2D eigenvalue weighted by atomic mass is 15.2. The second kappa shape index (κ2) is 11.2. The van der Waals surface area contributed by atoms with Crippen molar-refractivity contribution in [2.24, 2.45) is 5.92 Å². The van der Waals surface area contributed by atoms with E-state index >= 15 is 0 Å². The lowest BCUT2D eigenvalue weighted by Gasteiger charge is -2.41. The SMILES string of the molecule is C=C1C=C(C)[CH-]CC1N(/C=C(/C1=CCCC=C1)C1C=CC=CC1)C1=CC=C(C2=CC=C(C)CC2)CC1. The molecule has 0 aliphatic heterocycles. The Morgan fingerprint density at radius 1 is 0.972 bits per heavy atom. The normalized spacial score (nSPS) is 26.3. The third-order valence-corrected chi connectivity index (χ3v) is 8.06. The van der Waals surface area contributed by atoms with Crippen molar-refractivity contribution in [1.82, 2.24) is 4.90 Å². The van der Waals surface area contributed by atoms with Crippen LogP contribution in [0.25, 0.3) is 0 Å². The molecule has 0 heterocycles. The van der Waals surface area contributed by atoms with Gasteiger partial charge in [0.25, 0.3) is 0 Å². The minimum atomic E-state index is 0.265. The van der Waals surface area contributed by atoms with Crippen LogP contribution in [0, 0.1) is 12.3 Å². The first-order valence-electron chi connectivity index (χ1n) is 13.8. The first kappa shape index (κ1) is 24.5. The fourth-order valence-electron chi connectivity index (χ4n) is 5.85. The second-order valence-electron chi connectivity index (χ2n) is 10.8. The number of hydrogen-bond donors (Lipinski definition) is 0. The molecule has 5 aliphatic rings.